The van der Waals surface area contributed by atoms with Gasteiger partial charge in [0.15, 0.2) is 0 Å². The molecule has 1 aromatic rings. The molecule has 0 unspecified atom stereocenters. The average Bonchev–Trinajstić information content (AvgIpc) is 2.57. The van der Waals surface area contributed by atoms with E-state index in [1.807, 2.05) is 25.1 Å². The van der Waals surface area contributed by atoms with Crippen LogP contribution >= 0.6 is 11.6 Å². The summed E-state index contributed by atoms with van der Waals surface area (Å²) in [5.74, 6) is 0.102. The van der Waals surface area contributed by atoms with Gasteiger partial charge in [0.25, 0.3) is 0 Å². The monoisotopic (exact) mass is 356 g/mol. The van der Waals surface area contributed by atoms with Crippen molar-refractivity contribution in [2.24, 2.45) is 5.41 Å². The maximum atomic E-state index is 11.3. The molecule has 0 aliphatic heterocycles. The van der Waals surface area contributed by atoms with E-state index in [1.165, 1.54) is 0 Å². The fourth-order valence-corrected chi connectivity index (χ4v) is 2.67. The Balaban J connectivity index is 0.000000277. The van der Waals surface area contributed by atoms with E-state index in [0.29, 0.717) is 24.3 Å². The van der Waals surface area contributed by atoms with Crippen LogP contribution in [0.1, 0.15) is 44.1 Å². The first kappa shape index (κ1) is 20.8. The molecule has 1 aromatic carbocycles. The maximum Gasteiger partial charge on any atom is 0.140 e. The van der Waals surface area contributed by atoms with Crippen molar-refractivity contribution >= 4 is 23.2 Å². The van der Waals surface area contributed by atoms with E-state index in [4.69, 9.17) is 26.9 Å². The summed E-state index contributed by atoms with van der Waals surface area (Å²) in [4.78, 5) is 22.6. The third-order valence-electron chi connectivity index (χ3n) is 4.42. The number of hydrogen-bond acceptors (Lipinski definition) is 5. The van der Waals surface area contributed by atoms with E-state index in [1.54, 1.807) is 6.07 Å². The average molecular weight is 357 g/mol. The molecule has 0 radical (unpaired) electrons. The summed E-state index contributed by atoms with van der Waals surface area (Å²) in [5.41, 5.74) is 0.323. The van der Waals surface area contributed by atoms with Crippen LogP contribution in [-0.4, -0.2) is 46.7 Å². The van der Waals surface area contributed by atoms with E-state index in [0.717, 1.165) is 5.56 Å². The van der Waals surface area contributed by atoms with Gasteiger partial charge < -0.3 is 15.3 Å². The Morgan fingerprint density at radius 1 is 1.08 bits per heavy atom. The summed E-state index contributed by atoms with van der Waals surface area (Å²) in [6.45, 7) is 1.35. The molecule has 3 N–H and O–H groups in total. The largest absolute Gasteiger partial charge is 0.396 e. The highest BCUT2D eigenvalue weighted by atomic mass is 35.5. The molecular weight excluding hydrogens is 332 g/mol. The maximum absolute atomic E-state index is 11.3. The lowest BCUT2D eigenvalue weighted by Crippen LogP contribution is -2.32. The van der Waals surface area contributed by atoms with Crippen molar-refractivity contribution in [1.82, 2.24) is 0 Å². The fourth-order valence-electron chi connectivity index (χ4n) is 2.47. The Morgan fingerprint density at radius 2 is 1.62 bits per heavy atom. The summed E-state index contributed by atoms with van der Waals surface area (Å²) in [5, 5.41) is 26.6. The van der Waals surface area contributed by atoms with Gasteiger partial charge in [-0.1, -0.05) is 30.7 Å². The minimum Gasteiger partial charge on any atom is -0.396 e. The molecule has 0 amide bonds. The lowest BCUT2D eigenvalue weighted by atomic mass is 9.83. The second-order valence-electron chi connectivity index (χ2n) is 6.24. The van der Waals surface area contributed by atoms with Gasteiger partial charge in [-0.05, 0) is 30.0 Å². The van der Waals surface area contributed by atoms with Crippen LogP contribution in [0, 0.1) is 5.41 Å². The summed E-state index contributed by atoms with van der Waals surface area (Å²) in [6, 6.07) is 7.39. The standard InChI is InChI=1S/C12H11ClO2.C6H14O3/c13-10-3-1-2-8(4-10)9-5-11(14)7-12(15)6-9;1-2-6(3-7,4-8)5-9/h1-4,9H,5-7H2;7-9H,2-5H2,1H3. The van der Waals surface area contributed by atoms with E-state index in [9.17, 15) is 9.59 Å². The first-order valence-electron chi connectivity index (χ1n) is 8.01. The van der Waals surface area contributed by atoms with Gasteiger partial charge in [-0.25, -0.2) is 0 Å². The lowest BCUT2D eigenvalue weighted by Gasteiger charge is -2.24. The summed E-state index contributed by atoms with van der Waals surface area (Å²) < 4.78 is 0. The predicted octanol–water partition coefficient (Wildman–Crippen LogP) is 2.11. The molecule has 24 heavy (non-hydrogen) atoms. The van der Waals surface area contributed by atoms with Crippen LogP contribution in [0.2, 0.25) is 5.02 Å². The molecule has 1 aliphatic rings. The normalized spacial score (nSPS) is 15.9. The molecule has 0 saturated heterocycles. The number of benzene rings is 1. The number of halogens is 1. The lowest BCUT2D eigenvalue weighted by molar-refractivity contribution is -0.130. The van der Waals surface area contributed by atoms with Gasteiger partial charge in [0, 0.05) is 23.3 Å². The van der Waals surface area contributed by atoms with Crippen molar-refractivity contribution in [3.63, 3.8) is 0 Å². The Labute approximate surface area is 147 Å². The van der Waals surface area contributed by atoms with Crippen LogP contribution in [0.3, 0.4) is 0 Å². The molecular formula is C18H25ClO5. The van der Waals surface area contributed by atoms with Gasteiger partial charge in [0.05, 0.1) is 26.2 Å². The van der Waals surface area contributed by atoms with Crippen molar-refractivity contribution in [3.05, 3.63) is 34.9 Å². The summed E-state index contributed by atoms with van der Waals surface area (Å²) in [7, 11) is 0. The Hall–Kier alpha value is -1.27. The van der Waals surface area contributed by atoms with E-state index in [-0.39, 0.29) is 43.7 Å². The highest BCUT2D eigenvalue weighted by Gasteiger charge is 2.26. The van der Waals surface area contributed by atoms with Crippen LogP contribution in [-0.2, 0) is 9.59 Å². The van der Waals surface area contributed by atoms with Crippen LogP contribution < -0.4 is 0 Å². The second kappa shape index (κ2) is 9.89. The molecule has 1 aliphatic carbocycles. The van der Waals surface area contributed by atoms with Crippen LogP contribution in [0.5, 0.6) is 0 Å². The van der Waals surface area contributed by atoms with Crippen LogP contribution in [0.4, 0.5) is 0 Å². The number of rotatable bonds is 5. The minimum atomic E-state index is -0.667. The number of carbonyl (C=O) groups excluding carboxylic acids is 2. The van der Waals surface area contributed by atoms with Crippen LogP contribution in [0.15, 0.2) is 24.3 Å². The topological polar surface area (TPSA) is 94.8 Å². The first-order valence-corrected chi connectivity index (χ1v) is 8.39. The smallest absolute Gasteiger partial charge is 0.140 e. The molecule has 1 saturated carbocycles. The zero-order valence-electron chi connectivity index (χ0n) is 13.9. The Bertz CT molecular complexity index is 521. The molecule has 0 bridgehead atoms. The molecule has 0 aromatic heterocycles. The minimum absolute atomic E-state index is 0.0254. The second-order valence-corrected chi connectivity index (χ2v) is 6.68. The quantitative estimate of drug-likeness (QED) is 0.702. The zero-order valence-corrected chi connectivity index (χ0v) is 14.6. The number of aliphatic hydroxyl groups excluding tert-OH is 3. The van der Waals surface area contributed by atoms with Crippen molar-refractivity contribution in [1.29, 1.82) is 0 Å². The van der Waals surface area contributed by atoms with E-state index < -0.39 is 5.41 Å². The summed E-state index contributed by atoms with van der Waals surface area (Å²) >= 11 is 5.87. The molecule has 0 heterocycles. The van der Waals surface area contributed by atoms with E-state index >= 15 is 0 Å². The highest BCUT2D eigenvalue weighted by molar-refractivity contribution is 6.30. The third-order valence-corrected chi connectivity index (χ3v) is 4.65. The number of aliphatic hydroxyl groups is 3. The van der Waals surface area contributed by atoms with Gasteiger partial charge >= 0.3 is 0 Å². The van der Waals surface area contributed by atoms with E-state index in [2.05, 4.69) is 0 Å². The molecule has 6 heteroatoms. The van der Waals surface area contributed by atoms with Gasteiger partial charge in [0.1, 0.15) is 11.6 Å². The first-order chi connectivity index (χ1) is 11.4. The third kappa shape index (κ3) is 5.98. The highest BCUT2D eigenvalue weighted by Crippen LogP contribution is 2.30. The van der Waals surface area contributed by atoms with Crippen molar-refractivity contribution in [2.45, 2.75) is 38.5 Å². The molecule has 5 nitrogen and oxygen atoms in total. The number of hydrogen-bond donors (Lipinski definition) is 3. The van der Waals surface area contributed by atoms with Gasteiger partial charge in [-0.2, -0.15) is 0 Å². The van der Waals surface area contributed by atoms with Gasteiger partial charge in [0.2, 0.25) is 0 Å². The van der Waals surface area contributed by atoms with Crippen molar-refractivity contribution in [2.75, 3.05) is 19.8 Å². The van der Waals surface area contributed by atoms with Gasteiger partial charge in [-0.3, -0.25) is 9.59 Å². The van der Waals surface area contributed by atoms with Crippen LogP contribution in [0.25, 0.3) is 0 Å². The molecule has 1 fully saturated rings. The number of carbonyl (C=O) groups is 2. The Morgan fingerprint density at radius 3 is 2.00 bits per heavy atom. The van der Waals surface area contributed by atoms with Crippen molar-refractivity contribution in [3.8, 4) is 0 Å². The SMILES string of the molecule is CCC(CO)(CO)CO.O=C1CC(=O)CC(c2cccc(Cl)c2)C1. The molecule has 0 spiro atoms. The summed E-state index contributed by atoms with van der Waals surface area (Å²) in [6.07, 6.45) is 1.63. The Kier molecular flexibility index (Phi) is 8.56. The zero-order chi connectivity index (χ0) is 18.2. The van der Waals surface area contributed by atoms with Crippen molar-refractivity contribution < 1.29 is 24.9 Å². The molecule has 134 valence electrons. The predicted molar refractivity (Wildman–Crippen MR) is 92.0 cm³/mol. The molecule has 2 rings (SSSR count). The fraction of sp³-hybridized carbons (Fsp3) is 0.556. The van der Waals surface area contributed by atoms with Gasteiger partial charge in [-0.15, -0.1) is 0 Å². The number of ketones is 2. The number of Topliss-reactive ketones (excluding diaryl/α,β-unsaturated/α-hetero) is 2. The molecule has 0 atom stereocenters.